The van der Waals surface area contributed by atoms with Crippen molar-refractivity contribution in [3.63, 3.8) is 0 Å². The second kappa shape index (κ2) is 8.80. The van der Waals surface area contributed by atoms with E-state index in [0.29, 0.717) is 45.5 Å². The number of thioether (sulfide) groups is 1. The number of benzene rings is 2. The summed E-state index contributed by atoms with van der Waals surface area (Å²) < 4.78 is 51.8. The first-order valence-electron chi connectivity index (χ1n) is 9.65. The molecule has 0 saturated carbocycles. The molecule has 4 rings (SSSR count). The van der Waals surface area contributed by atoms with Crippen molar-refractivity contribution < 1.29 is 22.5 Å². The average Bonchev–Trinajstić information content (AvgIpc) is 3.12. The third kappa shape index (κ3) is 4.53. The number of rotatable bonds is 4. The first-order valence-corrected chi connectivity index (χ1v) is 12.8. The van der Waals surface area contributed by atoms with E-state index in [1.165, 1.54) is 23.6 Å². The topological polar surface area (TPSA) is 52.2 Å². The van der Waals surface area contributed by atoms with Crippen LogP contribution >= 0.6 is 35.0 Å². The lowest BCUT2D eigenvalue weighted by atomic mass is 9.87. The number of amides is 1. The number of aryl methyl sites for hydroxylation is 1. The molecule has 0 bridgehead atoms. The van der Waals surface area contributed by atoms with Gasteiger partial charge in [0, 0.05) is 22.0 Å². The molecule has 1 amide bonds. The van der Waals surface area contributed by atoms with Gasteiger partial charge < -0.3 is 9.87 Å². The van der Waals surface area contributed by atoms with Crippen molar-refractivity contribution in [3.05, 3.63) is 74.1 Å². The zero-order chi connectivity index (χ0) is 23.3. The highest BCUT2D eigenvalue weighted by Crippen LogP contribution is 2.60. The van der Waals surface area contributed by atoms with E-state index in [1.54, 1.807) is 25.1 Å². The minimum atomic E-state index is -4.54. The van der Waals surface area contributed by atoms with Crippen LogP contribution in [0.15, 0.2) is 41.8 Å². The van der Waals surface area contributed by atoms with Crippen molar-refractivity contribution in [2.75, 3.05) is 11.5 Å². The van der Waals surface area contributed by atoms with Gasteiger partial charge in [-0.3, -0.25) is 4.79 Å². The van der Waals surface area contributed by atoms with E-state index >= 15 is 0 Å². The highest BCUT2D eigenvalue weighted by atomic mass is 35.5. The van der Waals surface area contributed by atoms with Crippen molar-refractivity contribution in [1.82, 2.24) is 5.32 Å². The summed E-state index contributed by atoms with van der Waals surface area (Å²) in [5.41, 5.74) is 2.25. The van der Waals surface area contributed by atoms with Crippen molar-refractivity contribution in [1.29, 1.82) is 0 Å². The van der Waals surface area contributed by atoms with Crippen LogP contribution in [0.25, 0.3) is 5.57 Å². The number of hydrogen-bond acceptors (Lipinski definition) is 3. The third-order valence-electron chi connectivity index (χ3n) is 5.58. The van der Waals surface area contributed by atoms with Crippen LogP contribution in [0, 0.1) is 6.92 Å². The molecule has 10 heteroatoms. The molecule has 0 radical (unpaired) electrons. The Morgan fingerprint density at radius 1 is 1.19 bits per heavy atom. The summed E-state index contributed by atoms with van der Waals surface area (Å²) in [5.74, 6) is 0.615. The molecule has 1 fully saturated rings. The summed E-state index contributed by atoms with van der Waals surface area (Å²) in [5, 5.41) is 4.64. The third-order valence-corrected chi connectivity index (χ3v) is 8.98. The average molecular weight is 520 g/mol. The molecule has 170 valence electrons. The van der Waals surface area contributed by atoms with Crippen LogP contribution in [0.4, 0.5) is 13.2 Å². The minimum Gasteiger partial charge on any atom is -0.616 e. The maximum absolute atomic E-state index is 14.3. The predicted molar refractivity (Wildman–Crippen MR) is 125 cm³/mol. The van der Waals surface area contributed by atoms with E-state index in [-0.39, 0.29) is 34.0 Å². The maximum Gasteiger partial charge on any atom is 0.407 e. The van der Waals surface area contributed by atoms with Gasteiger partial charge in [-0.25, -0.2) is 0 Å². The van der Waals surface area contributed by atoms with Gasteiger partial charge in [0.15, 0.2) is 0 Å². The van der Waals surface area contributed by atoms with E-state index in [4.69, 9.17) is 23.2 Å². The molecule has 2 heterocycles. The lowest BCUT2D eigenvalue weighted by molar-refractivity contribution is -0.160. The van der Waals surface area contributed by atoms with Gasteiger partial charge in [0.25, 0.3) is 5.91 Å². The summed E-state index contributed by atoms with van der Waals surface area (Å²) >= 11 is 11.8. The molecular weight excluding hydrogens is 502 g/mol. The maximum atomic E-state index is 14.3. The van der Waals surface area contributed by atoms with Gasteiger partial charge in [0.2, 0.25) is 0 Å². The molecule has 2 aliphatic rings. The molecule has 32 heavy (non-hydrogen) atoms. The first-order chi connectivity index (χ1) is 15.0. The summed E-state index contributed by atoms with van der Waals surface area (Å²) in [6, 6.07) is 8.90. The Balaban J connectivity index is 1.58. The minimum absolute atomic E-state index is 0.00403. The molecule has 2 aliphatic heterocycles. The lowest BCUT2D eigenvalue weighted by Gasteiger charge is -2.32. The Hall–Kier alpha value is -1.32. The van der Waals surface area contributed by atoms with Crippen molar-refractivity contribution in [3.8, 4) is 0 Å². The number of allylic oxidation sites excluding steroid dienone is 1. The number of carbonyl (C=O) groups is 1. The largest absolute Gasteiger partial charge is 0.616 e. The Bertz CT molecular complexity index is 1080. The fourth-order valence-corrected chi connectivity index (χ4v) is 6.53. The van der Waals surface area contributed by atoms with Gasteiger partial charge in [0.05, 0.1) is 0 Å². The van der Waals surface area contributed by atoms with Crippen LogP contribution in [-0.2, 0) is 15.9 Å². The highest BCUT2D eigenvalue weighted by Gasteiger charge is 2.58. The van der Waals surface area contributed by atoms with E-state index in [1.807, 2.05) is 0 Å². The quantitative estimate of drug-likeness (QED) is 0.496. The van der Waals surface area contributed by atoms with Crippen LogP contribution in [0.2, 0.25) is 10.0 Å². The van der Waals surface area contributed by atoms with Gasteiger partial charge >= 0.3 is 6.18 Å². The van der Waals surface area contributed by atoms with Crippen molar-refractivity contribution >= 4 is 57.6 Å². The van der Waals surface area contributed by atoms with Crippen LogP contribution in [0.5, 0.6) is 0 Å². The van der Waals surface area contributed by atoms with Gasteiger partial charge in [0.1, 0.15) is 22.3 Å². The molecule has 1 N–H and O–H groups in total. The van der Waals surface area contributed by atoms with E-state index in [9.17, 15) is 22.5 Å². The molecule has 1 unspecified atom stereocenters. The Morgan fingerprint density at radius 2 is 1.84 bits per heavy atom. The normalized spacial score (nSPS) is 25.3. The molecule has 2 aromatic carbocycles. The van der Waals surface area contributed by atoms with Gasteiger partial charge in [-0.2, -0.15) is 13.2 Å². The number of hydrogen-bond donors (Lipinski definition) is 1. The van der Waals surface area contributed by atoms with Crippen molar-refractivity contribution in [2.24, 2.45) is 0 Å². The number of halogens is 5. The molecule has 1 atom stereocenters. The fourth-order valence-electron chi connectivity index (χ4n) is 3.85. The molecule has 0 spiro atoms. The summed E-state index contributed by atoms with van der Waals surface area (Å²) in [4.78, 5) is 12.5. The molecule has 1 saturated heterocycles. The van der Waals surface area contributed by atoms with Crippen LogP contribution in [-0.4, -0.2) is 34.2 Å². The standard InChI is InChI=1S/C22H18Cl2F3NO2S2/c1-12-4-13(2-3-19(12)20(29)28-18-10-32(30)11-18)14-8-21(31-9-14,22(25,26)27)15-5-16(23)7-17(24)6-15/h2-7,9,18H,8,10-11H2,1H3,(H,28,29)/t18-,21?,32+. The van der Waals surface area contributed by atoms with E-state index < -0.39 is 22.1 Å². The lowest BCUT2D eigenvalue weighted by Crippen LogP contribution is -2.53. The number of nitrogens with one attached hydrogen (secondary N) is 1. The molecule has 0 aromatic heterocycles. The van der Waals surface area contributed by atoms with Crippen molar-refractivity contribution in [2.45, 2.75) is 30.3 Å². The van der Waals surface area contributed by atoms with Gasteiger partial charge in [-0.15, -0.1) is 11.8 Å². The fraction of sp³-hybridized carbons (Fsp3) is 0.318. The van der Waals surface area contributed by atoms with Crippen LogP contribution < -0.4 is 5.32 Å². The zero-order valence-corrected chi connectivity index (χ0v) is 19.9. The predicted octanol–water partition coefficient (Wildman–Crippen LogP) is 6.10. The number of carbonyl (C=O) groups excluding carboxylic acids is 1. The molecular formula is C22H18Cl2F3NO2S2. The summed E-state index contributed by atoms with van der Waals surface area (Å²) in [7, 11) is 0. The highest BCUT2D eigenvalue weighted by molar-refractivity contribution is 8.03. The van der Waals surface area contributed by atoms with E-state index in [0.717, 1.165) is 0 Å². The second-order valence-corrected chi connectivity index (χ2v) is 11.5. The summed E-state index contributed by atoms with van der Waals surface area (Å²) in [6.45, 7) is 1.74. The smallest absolute Gasteiger partial charge is 0.407 e. The van der Waals surface area contributed by atoms with E-state index in [2.05, 4.69) is 5.32 Å². The Morgan fingerprint density at radius 3 is 2.41 bits per heavy atom. The molecule has 3 nitrogen and oxygen atoms in total. The zero-order valence-electron chi connectivity index (χ0n) is 16.8. The van der Waals surface area contributed by atoms with Gasteiger partial charge in [-0.05, 0) is 70.0 Å². The second-order valence-electron chi connectivity index (χ2n) is 7.89. The SMILES string of the molecule is Cc1cc(C2=CSC(c3cc(Cl)cc(Cl)c3)(C(F)(F)F)C2)ccc1C(=O)N[C@H]1C[S@@+]([O-])C1. The summed E-state index contributed by atoms with van der Waals surface area (Å²) in [6.07, 6.45) is -4.82. The van der Waals surface area contributed by atoms with Gasteiger partial charge in [-0.1, -0.05) is 35.3 Å². The number of alkyl halides is 3. The first kappa shape index (κ1) is 23.8. The monoisotopic (exact) mass is 519 g/mol. The Kier molecular flexibility index (Phi) is 6.55. The Labute approximate surface area is 200 Å². The molecule has 2 aromatic rings. The molecule has 0 aliphatic carbocycles. The van der Waals surface area contributed by atoms with Crippen LogP contribution in [0.1, 0.15) is 33.5 Å². The van der Waals surface area contributed by atoms with Crippen LogP contribution in [0.3, 0.4) is 0 Å².